The number of ketones is 2. The average Bonchev–Trinajstić information content (AvgIpc) is 2.70. The van der Waals surface area contributed by atoms with Gasteiger partial charge in [0.05, 0.1) is 13.8 Å². The number of aliphatic hydroxyl groups excluding tert-OH is 2. The maximum absolute atomic E-state index is 9.33. The van der Waals surface area contributed by atoms with Crippen LogP contribution in [-0.4, -0.2) is 54.8 Å². The van der Waals surface area contributed by atoms with Gasteiger partial charge in [0.2, 0.25) is 0 Å². The number of carbonyl (C=O) groups excluding carboxylic acids is 2. The SMILES string of the molecule is CC(=[OH+])/C(=C(/C)O)c1ccccc1.CC(=[OH+])/C(=C(/C)O)c1ccccc1.CC[OH2+].CC[OH2+].[Ti]. The summed E-state index contributed by atoms with van der Waals surface area (Å²) in [4.78, 5) is 18.7. The quantitative estimate of drug-likeness (QED) is 0.279. The third-order valence-electron chi connectivity index (χ3n) is 3.57. The maximum atomic E-state index is 9.33. The fraction of sp³-hybridized carbons (Fsp3) is 0.308. The van der Waals surface area contributed by atoms with Crippen molar-refractivity contribution in [3.63, 3.8) is 0 Å². The molecule has 2 aromatic carbocycles. The van der Waals surface area contributed by atoms with Gasteiger partial charge in [0.15, 0.2) is 0 Å². The normalized spacial score (nSPS) is 10.7. The van der Waals surface area contributed by atoms with Gasteiger partial charge < -0.3 is 20.4 Å². The molecule has 0 radical (unpaired) electrons. The van der Waals surface area contributed by atoms with E-state index in [0.29, 0.717) is 24.4 Å². The monoisotopic (exact) mass is 496 g/mol. The van der Waals surface area contributed by atoms with E-state index in [2.05, 4.69) is 0 Å². The molecule has 0 aliphatic heterocycles. The molecule has 180 valence electrons. The van der Waals surface area contributed by atoms with E-state index in [1.165, 1.54) is 0 Å². The molecule has 2 rings (SSSR count). The Morgan fingerprint density at radius 2 is 0.848 bits per heavy atom. The van der Waals surface area contributed by atoms with Gasteiger partial charge in [0.1, 0.15) is 35.9 Å². The first-order chi connectivity index (χ1) is 15.1. The van der Waals surface area contributed by atoms with Gasteiger partial charge in [-0.2, -0.15) is 0 Å². The molecular weight excluding hydrogens is 456 g/mol. The van der Waals surface area contributed by atoms with Crippen LogP contribution in [0.3, 0.4) is 0 Å². The van der Waals surface area contributed by atoms with Crippen LogP contribution in [0.2, 0.25) is 0 Å². The van der Waals surface area contributed by atoms with Crippen molar-refractivity contribution in [2.24, 2.45) is 0 Å². The Balaban J connectivity index is -0.000000430. The number of benzene rings is 2. The van der Waals surface area contributed by atoms with Crippen molar-refractivity contribution in [2.45, 2.75) is 41.5 Å². The minimum absolute atomic E-state index is 0. The summed E-state index contributed by atoms with van der Waals surface area (Å²) in [6.45, 7) is 10.8. The molecule has 0 heterocycles. The average molecular weight is 496 g/mol. The summed E-state index contributed by atoms with van der Waals surface area (Å²) in [5.74, 6) is 0.523. The minimum Gasteiger partial charge on any atom is -0.512 e. The Bertz CT molecular complexity index is 777. The number of hydrogen-bond acceptors (Lipinski definition) is 2. The molecule has 33 heavy (non-hydrogen) atoms. The maximum Gasteiger partial charge on any atom is 0.324 e. The molecule has 0 unspecified atom stereocenters. The Morgan fingerprint density at radius 3 is 1.00 bits per heavy atom. The molecule has 6 nitrogen and oxygen atoms in total. The standard InChI is InChI=1S/2C11H12O2.2C2H6O.Ti/c2*1-8(12)11(9(2)13)10-6-4-3-5-7-10;2*1-2-3;/h2*3-7,12H,1-2H3;2*3H,2H2,1H3;/p+4/b2*11-8+;;;. The van der Waals surface area contributed by atoms with E-state index in [4.69, 9.17) is 10.2 Å². The van der Waals surface area contributed by atoms with E-state index in [-0.39, 0.29) is 44.8 Å². The Labute approximate surface area is 212 Å². The number of rotatable bonds is 4. The molecule has 8 N–H and O–H groups in total. The summed E-state index contributed by atoms with van der Waals surface area (Å²) in [5.41, 5.74) is 2.64. The van der Waals surface area contributed by atoms with Crippen LogP contribution in [0.4, 0.5) is 0 Å². The van der Waals surface area contributed by atoms with Gasteiger partial charge in [0.25, 0.3) is 0 Å². The number of aliphatic hydroxyl groups is 2. The molecule has 7 heteroatoms. The second-order valence-electron chi connectivity index (χ2n) is 6.53. The second-order valence-corrected chi connectivity index (χ2v) is 6.53. The van der Waals surface area contributed by atoms with Crippen LogP contribution < -0.4 is 0 Å². The van der Waals surface area contributed by atoms with Gasteiger partial charge >= 0.3 is 11.6 Å². The molecule has 0 amide bonds. The Kier molecular flexibility index (Phi) is 22.7. The summed E-state index contributed by atoms with van der Waals surface area (Å²) < 4.78 is 0. The topological polar surface area (TPSA) is 129 Å². The zero-order valence-electron chi connectivity index (χ0n) is 20.5. The van der Waals surface area contributed by atoms with Crippen molar-refractivity contribution >= 4 is 22.7 Å². The molecule has 0 aliphatic rings. The molecule has 0 aliphatic carbocycles. The zero-order chi connectivity index (χ0) is 25.1. The van der Waals surface area contributed by atoms with Crippen molar-refractivity contribution in [1.29, 1.82) is 0 Å². The van der Waals surface area contributed by atoms with Gasteiger partial charge in [-0.25, -0.2) is 0 Å². The van der Waals surface area contributed by atoms with Crippen molar-refractivity contribution < 1.29 is 51.7 Å². The summed E-state index contributed by atoms with van der Waals surface area (Å²) in [5, 5.41) is 31.1. The van der Waals surface area contributed by atoms with Crippen molar-refractivity contribution in [3.8, 4) is 0 Å². The largest absolute Gasteiger partial charge is 0.512 e. The summed E-state index contributed by atoms with van der Waals surface area (Å²) in [6.07, 6.45) is 0. The first kappa shape index (κ1) is 35.1. The van der Waals surface area contributed by atoms with E-state index in [1.807, 2.05) is 60.7 Å². The van der Waals surface area contributed by atoms with Crippen LogP contribution >= 0.6 is 0 Å². The molecule has 0 spiro atoms. The second kappa shape index (κ2) is 21.3. The molecular formula is C26H40O6Ti+4. The van der Waals surface area contributed by atoms with E-state index in [9.17, 15) is 19.8 Å². The zero-order valence-corrected chi connectivity index (χ0v) is 22.0. The van der Waals surface area contributed by atoms with E-state index in [1.54, 1.807) is 41.5 Å². The predicted molar refractivity (Wildman–Crippen MR) is 137 cm³/mol. The van der Waals surface area contributed by atoms with E-state index in [0.717, 1.165) is 11.1 Å². The van der Waals surface area contributed by atoms with E-state index < -0.39 is 0 Å². The van der Waals surface area contributed by atoms with Crippen LogP contribution in [0.5, 0.6) is 0 Å². The molecule has 0 saturated carbocycles. The van der Waals surface area contributed by atoms with Gasteiger partial charge in [-0.05, 0) is 25.0 Å². The Morgan fingerprint density at radius 1 is 0.636 bits per heavy atom. The first-order valence-electron chi connectivity index (χ1n) is 10.3. The van der Waals surface area contributed by atoms with Crippen molar-refractivity contribution in [3.05, 3.63) is 83.3 Å². The van der Waals surface area contributed by atoms with Crippen molar-refractivity contribution in [1.82, 2.24) is 0 Å². The number of allylic oxidation sites excluding steroid dienone is 4. The van der Waals surface area contributed by atoms with Crippen LogP contribution in [-0.2, 0) is 21.7 Å². The number of hydrogen-bond donors (Lipinski definition) is 2. The van der Waals surface area contributed by atoms with Crippen molar-refractivity contribution in [2.75, 3.05) is 13.2 Å². The molecule has 0 saturated heterocycles. The van der Waals surface area contributed by atoms with Gasteiger partial charge in [-0.15, -0.1) is 0 Å². The first-order valence-corrected chi connectivity index (χ1v) is 10.3. The summed E-state index contributed by atoms with van der Waals surface area (Å²) in [6, 6.07) is 18.6. The smallest absolute Gasteiger partial charge is 0.324 e. The fourth-order valence-corrected chi connectivity index (χ4v) is 2.57. The Hall–Kier alpha value is -2.51. The summed E-state index contributed by atoms with van der Waals surface area (Å²) in [7, 11) is 0. The van der Waals surface area contributed by atoms with Gasteiger partial charge in [-0.3, -0.25) is 9.59 Å². The minimum atomic E-state index is 0. The van der Waals surface area contributed by atoms with Gasteiger partial charge in [-0.1, -0.05) is 60.7 Å². The fourth-order valence-electron chi connectivity index (χ4n) is 2.57. The molecule has 0 atom stereocenters. The molecule has 0 aromatic heterocycles. The van der Waals surface area contributed by atoms with E-state index >= 15 is 0 Å². The molecule has 0 bridgehead atoms. The third-order valence-corrected chi connectivity index (χ3v) is 3.57. The van der Waals surface area contributed by atoms with Crippen LogP contribution in [0, 0.1) is 0 Å². The van der Waals surface area contributed by atoms with Crippen LogP contribution in [0.15, 0.2) is 72.2 Å². The van der Waals surface area contributed by atoms with Gasteiger partial charge in [0, 0.05) is 35.6 Å². The predicted octanol–water partition coefficient (Wildman–Crippen LogP) is 4.54. The van der Waals surface area contributed by atoms with Crippen LogP contribution in [0.25, 0.3) is 11.1 Å². The summed E-state index contributed by atoms with van der Waals surface area (Å²) >= 11 is 0. The van der Waals surface area contributed by atoms with Crippen LogP contribution in [0.1, 0.15) is 52.7 Å². The molecule has 0 fully saturated rings. The molecule has 2 aromatic rings. The third kappa shape index (κ3) is 15.9.